The number of rotatable bonds is 11. The second-order valence-electron chi connectivity index (χ2n) is 10.5. The summed E-state index contributed by atoms with van der Waals surface area (Å²) in [5, 5.41) is 21.3. The van der Waals surface area contributed by atoms with Crippen molar-refractivity contribution < 1.29 is 28.9 Å². The summed E-state index contributed by atoms with van der Waals surface area (Å²) in [5.41, 5.74) is 3.11. The second-order valence-corrected chi connectivity index (χ2v) is 11.8. The molecule has 224 valence electrons. The number of imide groups is 1. The van der Waals surface area contributed by atoms with Gasteiger partial charge < -0.3 is 25.3 Å². The number of aliphatic hydroxyl groups excluding tert-OH is 2. The molecule has 1 saturated heterocycles. The predicted molar refractivity (Wildman–Crippen MR) is 167 cm³/mol. The molecule has 1 unspecified atom stereocenters. The number of amides is 3. The summed E-state index contributed by atoms with van der Waals surface area (Å²) >= 11 is 2.06. The van der Waals surface area contributed by atoms with Gasteiger partial charge in [-0.15, -0.1) is 0 Å². The molecule has 0 saturated carbocycles. The van der Waals surface area contributed by atoms with E-state index in [1.807, 2.05) is 50.2 Å². The SMILES string of the molecule is Cc1[nH]c(C(CN2C(=O)N[C@H](c3ccc(OC(CO)CO)cc3)C2=O)[C@@H](C)c2ccccc2)nc1-c1ccc(I)cc1F. The van der Waals surface area contributed by atoms with E-state index in [2.05, 4.69) is 32.9 Å². The number of aromatic nitrogens is 2. The lowest BCUT2D eigenvalue weighted by Gasteiger charge is -2.26. The molecule has 3 atom stereocenters. The van der Waals surface area contributed by atoms with E-state index in [9.17, 15) is 24.2 Å². The largest absolute Gasteiger partial charge is 0.486 e. The van der Waals surface area contributed by atoms with Crippen LogP contribution in [0, 0.1) is 16.3 Å². The standard InChI is InChI=1S/C32H32FIN4O5/c1-18(20-6-4-3-5-7-20)26(30-35-19(2)28(36-30)25-13-10-22(34)14-27(25)33)15-38-31(41)29(37-32(38)42)21-8-11-23(12-9-21)43-24(16-39)17-40/h3-14,18,24,26,29,39-40H,15-17H2,1-2H3,(H,35,36)(H,37,42)/t18-,26?,29+/m0/s1. The first-order chi connectivity index (χ1) is 20.7. The Balaban J connectivity index is 1.43. The minimum atomic E-state index is -0.893. The van der Waals surface area contributed by atoms with Crippen LogP contribution in [0.15, 0.2) is 72.8 Å². The minimum Gasteiger partial charge on any atom is -0.486 e. The molecule has 0 aliphatic carbocycles. The Morgan fingerprint density at radius 1 is 1.05 bits per heavy atom. The molecule has 4 aromatic rings. The van der Waals surface area contributed by atoms with E-state index in [-0.39, 0.29) is 31.5 Å². The van der Waals surface area contributed by atoms with E-state index in [1.165, 1.54) is 11.0 Å². The summed E-state index contributed by atoms with van der Waals surface area (Å²) in [6.07, 6.45) is -0.759. The molecule has 11 heteroatoms. The van der Waals surface area contributed by atoms with Crippen LogP contribution < -0.4 is 10.1 Å². The van der Waals surface area contributed by atoms with Crippen LogP contribution in [0.2, 0.25) is 0 Å². The smallest absolute Gasteiger partial charge is 0.325 e. The molecule has 5 rings (SSSR count). The molecule has 0 bridgehead atoms. The van der Waals surface area contributed by atoms with Gasteiger partial charge in [0.1, 0.15) is 29.5 Å². The van der Waals surface area contributed by atoms with Crippen LogP contribution in [-0.2, 0) is 4.79 Å². The number of aliphatic hydroxyl groups is 2. The highest BCUT2D eigenvalue weighted by atomic mass is 127. The maximum Gasteiger partial charge on any atom is 0.325 e. The Morgan fingerprint density at radius 2 is 1.74 bits per heavy atom. The molecule has 1 aliphatic rings. The molecule has 4 N–H and O–H groups in total. The lowest BCUT2D eigenvalue weighted by Crippen LogP contribution is -2.36. The van der Waals surface area contributed by atoms with Crippen LogP contribution in [0.4, 0.5) is 9.18 Å². The highest BCUT2D eigenvalue weighted by Crippen LogP contribution is 2.36. The molecule has 0 radical (unpaired) electrons. The molecule has 1 aliphatic heterocycles. The normalized spacial score (nSPS) is 16.4. The Hall–Kier alpha value is -3.81. The van der Waals surface area contributed by atoms with E-state index >= 15 is 0 Å². The van der Waals surface area contributed by atoms with Gasteiger partial charge in [0.2, 0.25) is 0 Å². The molecular weight excluding hydrogens is 666 g/mol. The van der Waals surface area contributed by atoms with Gasteiger partial charge in [0.25, 0.3) is 5.91 Å². The number of aromatic amines is 1. The van der Waals surface area contributed by atoms with Crippen LogP contribution >= 0.6 is 22.6 Å². The summed E-state index contributed by atoms with van der Waals surface area (Å²) in [7, 11) is 0. The van der Waals surface area contributed by atoms with Crippen molar-refractivity contribution in [2.75, 3.05) is 19.8 Å². The number of H-pyrrole nitrogens is 1. The Bertz CT molecular complexity index is 1590. The fraction of sp³-hybridized carbons (Fsp3) is 0.281. The molecule has 2 heterocycles. The zero-order valence-electron chi connectivity index (χ0n) is 23.6. The predicted octanol–water partition coefficient (Wildman–Crippen LogP) is 5.04. The molecular formula is C32H32FIN4O5. The van der Waals surface area contributed by atoms with Crippen LogP contribution in [0.3, 0.4) is 0 Å². The van der Waals surface area contributed by atoms with Gasteiger partial charge in [-0.1, -0.05) is 49.4 Å². The average molecular weight is 699 g/mol. The van der Waals surface area contributed by atoms with Gasteiger partial charge in [-0.3, -0.25) is 9.69 Å². The number of aryl methyl sites for hydroxylation is 1. The maximum atomic E-state index is 14.9. The fourth-order valence-corrected chi connectivity index (χ4v) is 5.70. The molecule has 1 aromatic heterocycles. The number of imidazole rings is 1. The first-order valence-electron chi connectivity index (χ1n) is 13.9. The summed E-state index contributed by atoms with van der Waals surface area (Å²) in [4.78, 5) is 36.2. The van der Waals surface area contributed by atoms with Gasteiger partial charge in [-0.25, -0.2) is 14.2 Å². The van der Waals surface area contributed by atoms with Gasteiger partial charge >= 0.3 is 6.03 Å². The molecule has 9 nitrogen and oxygen atoms in total. The van der Waals surface area contributed by atoms with Crippen molar-refractivity contribution in [1.29, 1.82) is 0 Å². The van der Waals surface area contributed by atoms with Crippen LogP contribution in [0.1, 0.15) is 47.4 Å². The maximum absolute atomic E-state index is 14.9. The number of nitrogens with zero attached hydrogens (tertiary/aromatic N) is 2. The number of carbonyl (C=O) groups excluding carboxylic acids is 2. The van der Waals surface area contributed by atoms with Crippen LogP contribution in [0.25, 0.3) is 11.3 Å². The number of hydrogen-bond acceptors (Lipinski definition) is 6. The van der Waals surface area contributed by atoms with Gasteiger partial charge in [0.15, 0.2) is 0 Å². The van der Waals surface area contributed by atoms with Crippen LogP contribution in [-0.4, -0.2) is 62.9 Å². The Labute approximate surface area is 262 Å². The first-order valence-corrected chi connectivity index (χ1v) is 14.9. The number of carbonyl (C=O) groups is 2. The first kappa shape index (κ1) is 30.6. The summed E-state index contributed by atoms with van der Waals surface area (Å²) < 4.78 is 21.2. The highest BCUT2D eigenvalue weighted by molar-refractivity contribution is 14.1. The van der Waals surface area contributed by atoms with Gasteiger partial charge in [-0.05, 0) is 76.9 Å². The lowest BCUT2D eigenvalue weighted by atomic mass is 9.86. The fourth-order valence-electron chi connectivity index (χ4n) is 5.25. The molecule has 3 aromatic carbocycles. The van der Waals surface area contributed by atoms with Crippen LogP contribution in [0.5, 0.6) is 5.75 Å². The molecule has 0 spiro atoms. The average Bonchev–Trinajstić information content (AvgIpc) is 3.52. The molecule has 3 amide bonds. The minimum absolute atomic E-state index is 0.0503. The van der Waals surface area contributed by atoms with Crippen molar-refractivity contribution in [1.82, 2.24) is 20.2 Å². The quantitative estimate of drug-likeness (QED) is 0.129. The van der Waals surface area contributed by atoms with E-state index in [1.54, 1.807) is 30.3 Å². The van der Waals surface area contributed by atoms with Crippen molar-refractivity contribution in [3.63, 3.8) is 0 Å². The van der Waals surface area contributed by atoms with Crippen molar-refractivity contribution in [2.24, 2.45) is 0 Å². The number of hydrogen-bond donors (Lipinski definition) is 4. The van der Waals surface area contributed by atoms with Gasteiger partial charge in [0.05, 0.1) is 18.9 Å². The van der Waals surface area contributed by atoms with E-state index < -0.39 is 30.0 Å². The monoisotopic (exact) mass is 698 g/mol. The summed E-state index contributed by atoms with van der Waals surface area (Å²) in [5.74, 6) is -0.384. The number of benzene rings is 3. The highest BCUT2D eigenvalue weighted by Gasteiger charge is 2.41. The number of ether oxygens (including phenoxy) is 1. The summed E-state index contributed by atoms with van der Waals surface area (Å²) in [6, 6.07) is 19.9. The van der Waals surface area contributed by atoms with Crippen molar-refractivity contribution in [3.8, 4) is 17.0 Å². The van der Waals surface area contributed by atoms with E-state index in [0.717, 1.165) is 9.13 Å². The second kappa shape index (κ2) is 13.2. The lowest BCUT2D eigenvalue weighted by molar-refractivity contribution is -0.127. The topological polar surface area (TPSA) is 128 Å². The zero-order valence-corrected chi connectivity index (χ0v) is 25.8. The Morgan fingerprint density at radius 3 is 2.40 bits per heavy atom. The molecule has 43 heavy (non-hydrogen) atoms. The van der Waals surface area contributed by atoms with Crippen molar-refractivity contribution in [2.45, 2.75) is 37.8 Å². The van der Waals surface area contributed by atoms with Gasteiger partial charge in [0, 0.05) is 27.3 Å². The third-order valence-corrected chi connectivity index (χ3v) is 8.37. The third kappa shape index (κ3) is 6.58. The molecule has 1 fully saturated rings. The van der Waals surface area contributed by atoms with E-state index in [0.29, 0.717) is 34.1 Å². The third-order valence-electron chi connectivity index (χ3n) is 7.70. The Kier molecular flexibility index (Phi) is 9.43. The number of nitrogens with one attached hydrogen (secondary N) is 2. The van der Waals surface area contributed by atoms with Crippen molar-refractivity contribution in [3.05, 3.63) is 105 Å². The van der Waals surface area contributed by atoms with Gasteiger partial charge in [-0.2, -0.15) is 0 Å². The summed E-state index contributed by atoms with van der Waals surface area (Å²) in [6.45, 7) is 3.21. The van der Waals surface area contributed by atoms with E-state index in [4.69, 9.17) is 9.72 Å². The number of urea groups is 1. The number of halogens is 2. The van der Waals surface area contributed by atoms with Crippen molar-refractivity contribution >= 4 is 34.5 Å². The zero-order chi connectivity index (χ0) is 30.7.